The van der Waals surface area contributed by atoms with Crippen molar-refractivity contribution in [1.29, 1.82) is 0 Å². The number of aryl methyl sites for hydroxylation is 3. The van der Waals surface area contributed by atoms with Gasteiger partial charge in [-0.2, -0.15) is 0 Å². The van der Waals surface area contributed by atoms with Crippen LogP contribution < -0.4 is 0 Å². The number of nitrogens with one attached hydrogen (secondary N) is 2. The van der Waals surface area contributed by atoms with Crippen LogP contribution >= 0.6 is 0 Å². The number of para-hydroxylation sites is 1. The quantitative estimate of drug-likeness (QED) is 0.477. The third kappa shape index (κ3) is 1.89. The molecule has 2 aromatic carbocycles. The third-order valence-corrected chi connectivity index (χ3v) is 5.05. The van der Waals surface area contributed by atoms with Crippen molar-refractivity contribution < 1.29 is 4.42 Å². The van der Waals surface area contributed by atoms with Crippen LogP contribution in [0.25, 0.3) is 44.3 Å². The highest BCUT2D eigenvalue weighted by Crippen LogP contribution is 2.37. The lowest BCUT2D eigenvalue weighted by Gasteiger charge is -2.01. The first-order chi connectivity index (χ1) is 12.2. The number of H-pyrrole nitrogens is 2. The molecular weight excluding hydrogens is 312 g/mol. The summed E-state index contributed by atoms with van der Waals surface area (Å²) in [6.45, 7) is 6.27. The largest absolute Gasteiger partial charge is 0.419 e. The number of fused-ring (bicyclic) bond motifs is 4. The maximum absolute atomic E-state index is 5.76. The highest BCUT2D eigenvalue weighted by Gasteiger charge is 2.19. The zero-order valence-electron chi connectivity index (χ0n) is 14.4. The van der Waals surface area contributed by atoms with Gasteiger partial charge in [0.25, 0.3) is 5.89 Å². The second kappa shape index (κ2) is 4.96. The maximum Gasteiger partial charge on any atom is 0.264 e. The van der Waals surface area contributed by atoms with Gasteiger partial charge in [0, 0.05) is 33.6 Å². The fourth-order valence-electron chi connectivity index (χ4n) is 3.80. The fourth-order valence-corrected chi connectivity index (χ4v) is 3.80. The first-order valence-electron chi connectivity index (χ1n) is 8.52. The van der Waals surface area contributed by atoms with E-state index < -0.39 is 0 Å². The van der Waals surface area contributed by atoms with Gasteiger partial charge in [0.05, 0.1) is 5.52 Å². The van der Waals surface area contributed by atoms with E-state index in [1.165, 1.54) is 27.2 Å². The van der Waals surface area contributed by atoms with Gasteiger partial charge in [0.1, 0.15) is 5.69 Å². The molecule has 0 atom stereocenters. The van der Waals surface area contributed by atoms with Gasteiger partial charge in [0.2, 0.25) is 5.89 Å². The number of aromatic nitrogens is 4. The Bertz CT molecular complexity index is 1260. The summed E-state index contributed by atoms with van der Waals surface area (Å²) in [5.74, 6) is 1.21. The average Bonchev–Trinajstić information content (AvgIpc) is 3.31. The summed E-state index contributed by atoms with van der Waals surface area (Å²) in [5, 5.41) is 12.0. The number of benzene rings is 2. The van der Waals surface area contributed by atoms with Gasteiger partial charge in [0.15, 0.2) is 0 Å². The molecule has 3 aromatic heterocycles. The molecule has 0 unspecified atom stereocenters. The van der Waals surface area contributed by atoms with Crippen molar-refractivity contribution in [3.8, 4) is 11.6 Å². The lowest BCUT2D eigenvalue weighted by molar-refractivity contribution is 0.511. The monoisotopic (exact) mass is 330 g/mol. The second-order valence-electron chi connectivity index (χ2n) is 6.50. The molecule has 0 radical (unpaired) electrons. The van der Waals surface area contributed by atoms with Crippen LogP contribution in [0.3, 0.4) is 0 Å². The Morgan fingerprint density at radius 3 is 2.60 bits per heavy atom. The van der Waals surface area contributed by atoms with Gasteiger partial charge in [-0.15, -0.1) is 10.2 Å². The number of aromatic amines is 2. The van der Waals surface area contributed by atoms with E-state index in [1.54, 1.807) is 0 Å². The predicted molar refractivity (Wildman–Crippen MR) is 99.8 cm³/mol. The summed E-state index contributed by atoms with van der Waals surface area (Å²) >= 11 is 0. The van der Waals surface area contributed by atoms with E-state index in [9.17, 15) is 0 Å². The van der Waals surface area contributed by atoms with Crippen molar-refractivity contribution in [3.63, 3.8) is 0 Å². The fraction of sp³-hybridized carbons (Fsp3) is 0.200. The zero-order valence-corrected chi connectivity index (χ0v) is 14.4. The van der Waals surface area contributed by atoms with Crippen molar-refractivity contribution >= 4 is 32.7 Å². The Morgan fingerprint density at radius 1 is 0.960 bits per heavy atom. The van der Waals surface area contributed by atoms with Crippen molar-refractivity contribution in [1.82, 2.24) is 20.2 Å². The molecule has 5 heteroatoms. The molecule has 0 saturated heterocycles. The highest BCUT2D eigenvalue weighted by molar-refractivity contribution is 6.14. The van der Waals surface area contributed by atoms with E-state index >= 15 is 0 Å². The molecule has 0 fully saturated rings. The van der Waals surface area contributed by atoms with Crippen LogP contribution in [0.2, 0.25) is 0 Å². The van der Waals surface area contributed by atoms with E-state index in [0.717, 1.165) is 28.7 Å². The summed E-state index contributed by atoms with van der Waals surface area (Å²) in [6, 6.07) is 10.6. The van der Waals surface area contributed by atoms with Crippen LogP contribution in [-0.2, 0) is 6.42 Å². The van der Waals surface area contributed by atoms with Gasteiger partial charge < -0.3 is 14.4 Å². The minimum atomic E-state index is 0.554. The Kier molecular flexibility index (Phi) is 2.83. The van der Waals surface area contributed by atoms with E-state index in [1.807, 2.05) is 6.92 Å². The standard InChI is InChI=1S/C20H18N4O/c1-4-16-23-24-20(25-16)19-11(3)17-10(2)18-13(9-15(17)22-19)12-7-5-6-8-14(12)21-18/h5-9,21-22H,4H2,1-3H3. The van der Waals surface area contributed by atoms with Crippen LogP contribution in [0.5, 0.6) is 0 Å². The van der Waals surface area contributed by atoms with Gasteiger partial charge >= 0.3 is 0 Å². The molecule has 124 valence electrons. The molecule has 0 bridgehead atoms. The van der Waals surface area contributed by atoms with Crippen LogP contribution in [0.1, 0.15) is 23.9 Å². The number of rotatable bonds is 2. The minimum absolute atomic E-state index is 0.554. The summed E-state index contributed by atoms with van der Waals surface area (Å²) in [5.41, 5.74) is 6.72. The van der Waals surface area contributed by atoms with E-state index in [4.69, 9.17) is 4.42 Å². The minimum Gasteiger partial charge on any atom is -0.419 e. The summed E-state index contributed by atoms with van der Waals surface area (Å²) in [4.78, 5) is 7.06. The second-order valence-corrected chi connectivity index (χ2v) is 6.50. The summed E-state index contributed by atoms with van der Waals surface area (Å²) < 4.78 is 5.76. The Balaban J connectivity index is 1.85. The Morgan fingerprint density at radius 2 is 1.80 bits per heavy atom. The van der Waals surface area contributed by atoms with Crippen molar-refractivity contribution in [3.05, 3.63) is 47.3 Å². The van der Waals surface area contributed by atoms with Gasteiger partial charge in [-0.1, -0.05) is 25.1 Å². The van der Waals surface area contributed by atoms with Crippen molar-refractivity contribution in [2.24, 2.45) is 0 Å². The predicted octanol–water partition coefficient (Wildman–Crippen LogP) is 5.03. The molecule has 5 aromatic rings. The molecular formula is C20H18N4O. The molecule has 0 saturated carbocycles. The topological polar surface area (TPSA) is 70.5 Å². The smallest absolute Gasteiger partial charge is 0.264 e. The van der Waals surface area contributed by atoms with Gasteiger partial charge in [-0.3, -0.25) is 0 Å². The number of hydrogen-bond donors (Lipinski definition) is 2. The Labute approximate surface area is 144 Å². The molecule has 0 amide bonds. The molecule has 0 aliphatic carbocycles. The van der Waals surface area contributed by atoms with Crippen LogP contribution in [-0.4, -0.2) is 20.2 Å². The molecule has 5 nitrogen and oxygen atoms in total. The molecule has 3 heterocycles. The SMILES string of the molecule is CCc1nnc(-c2[nH]c3cc4c([nH]c5ccccc54)c(C)c3c2C)o1. The lowest BCUT2D eigenvalue weighted by Crippen LogP contribution is -1.82. The molecule has 0 aliphatic heterocycles. The third-order valence-electron chi connectivity index (χ3n) is 5.05. The van der Waals surface area contributed by atoms with Gasteiger partial charge in [-0.05, 0) is 37.1 Å². The van der Waals surface area contributed by atoms with E-state index in [-0.39, 0.29) is 0 Å². The lowest BCUT2D eigenvalue weighted by atomic mass is 10.0. The summed E-state index contributed by atoms with van der Waals surface area (Å²) in [6.07, 6.45) is 0.736. The normalized spacial score (nSPS) is 12.0. The van der Waals surface area contributed by atoms with Crippen molar-refractivity contribution in [2.75, 3.05) is 0 Å². The first-order valence-corrected chi connectivity index (χ1v) is 8.52. The Hall–Kier alpha value is -3.08. The van der Waals surface area contributed by atoms with Crippen LogP contribution in [0, 0.1) is 13.8 Å². The maximum atomic E-state index is 5.76. The first kappa shape index (κ1) is 14.3. The van der Waals surface area contributed by atoms with Crippen LogP contribution in [0.15, 0.2) is 34.7 Å². The molecule has 5 rings (SSSR count). The van der Waals surface area contributed by atoms with Crippen molar-refractivity contribution in [2.45, 2.75) is 27.2 Å². The molecule has 0 aliphatic rings. The highest BCUT2D eigenvalue weighted by atomic mass is 16.4. The average molecular weight is 330 g/mol. The molecule has 0 spiro atoms. The molecule has 25 heavy (non-hydrogen) atoms. The van der Waals surface area contributed by atoms with E-state index in [2.05, 4.69) is 64.3 Å². The number of nitrogens with zero attached hydrogens (tertiary/aromatic N) is 2. The zero-order chi connectivity index (χ0) is 17.1. The van der Waals surface area contributed by atoms with E-state index in [0.29, 0.717) is 11.8 Å². The summed E-state index contributed by atoms with van der Waals surface area (Å²) in [7, 11) is 0. The number of hydrogen-bond acceptors (Lipinski definition) is 3. The molecule has 2 N–H and O–H groups in total. The van der Waals surface area contributed by atoms with Gasteiger partial charge in [-0.25, -0.2) is 0 Å². The van der Waals surface area contributed by atoms with Crippen LogP contribution in [0.4, 0.5) is 0 Å².